The first-order chi connectivity index (χ1) is 16.0. The van der Waals surface area contributed by atoms with Crippen molar-refractivity contribution < 1.29 is 14.3 Å². The highest BCUT2D eigenvalue weighted by atomic mass is 16.6. The van der Waals surface area contributed by atoms with Crippen LogP contribution in [-0.4, -0.2) is 64.1 Å². The minimum absolute atomic E-state index is 0.213. The number of aromatic nitrogens is 2. The Bertz CT molecular complexity index is 1270. The highest BCUT2D eigenvalue weighted by Crippen LogP contribution is 2.14. The average Bonchev–Trinajstić information content (AvgIpc) is 2.84. The Morgan fingerprint density at radius 2 is 1.67 bits per heavy atom. The largest absolute Gasteiger partial charge is 0.450 e. The fourth-order valence-corrected chi connectivity index (χ4v) is 3.97. The number of piperazine rings is 1. The first-order valence-electron chi connectivity index (χ1n) is 11.0. The van der Waals surface area contributed by atoms with Crippen molar-refractivity contribution in [2.45, 2.75) is 19.9 Å². The van der Waals surface area contributed by atoms with Crippen LogP contribution in [0, 0.1) is 0 Å². The molecular formula is C24H26N4O5. The highest BCUT2D eigenvalue weighted by Gasteiger charge is 2.25. The Morgan fingerprint density at radius 3 is 2.36 bits per heavy atom. The summed E-state index contributed by atoms with van der Waals surface area (Å²) in [6.45, 7) is 3.86. The predicted molar refractivity (Wildman–Crippen MR) is 123 cm³/mol. The van der Waals surface area contributed by atoms with E-state index in [4.69, 9.17) is 4.74 Å². The molecule has 2 heterocycles. The molecule has 1 aliphatic rings. The van der Waals surface area contributed by atoms with Gasteiger partial charge in [0.1, 0.15) is 0 Å². The van der Waals surface area contributed by atoms with Crippen LogP contribution in [0.4, 0.5) is 4.79 Å². The van der Waals surface area contributed by atoms with Crippen LogP contribution in [0.1, 0.15) is 22.8 Å². The quantitative estimate of drug-likeness (QED) is 0.639. The van der Waals surface area contributed by atoms with Gasteiger partial charge in [-0.15, -0.1) is 0 Å². The van der Waals surface area contributed by atoms with Gasteiger partial charge in [0.25, 0.3) is 11.5 Å². The van der Waals surface area contributed by atoms with E-state index < -0.39 is 5.69 Å². The van der Waals surface area contributed by atoms with Crippen molar-refractivity contribution in [2.24, 2.45) is 0 Å². The van der Waals surface area contributed by atoms with Crippen LogP contribution in [0.15, 0.2) is 58.1 Å². The molecule has 0 saturated carbocycles. The number of aromatic amines is 1. The number of amides is 2. The van der Waals surface area contributed by atoms with Gasteiger partial charge in [0.05, 0.1) is 17.5 Å². The Kier molecular flexibility index (Phi) is 6.58. The maximum atomic E-state index is 13.0. The van der Waals surface area contributed by atoms with Gasteiger partial charge in [-0.1, -0.05) is 30.3 Å². The fraction of sp³-hybridized carbons (Fsp3) is 0.333. The zero-order chi connectivity index (χ0) is 23.4. The van der Waals surface area contributed by atoms with Gasteiger partial charge in [-0.3, -0.25) is 14.2 Å². The molecule has 1 aliphatic heterocycles. The number of nitrogens with one attached hydrogen (secondary N) is 1. The number of fused-ring (bicyclic) bond motifs is 1. The molecule has 2 aromatic carbocycles. The molecule has 0 aliphatic carbocycles. The minimum atomic E-state index is -0.504. The molecule has 9 heteroatoms. The third-order valence-electron chi connectivity index (χ3n) is 5.79. The number of aryl methyl sites for hydroxylation is 1. The Hall–Kier alpha value is -3.88. The van der Waals surface area contributed by atoms with Crippen molar-refractivity contribution in [3.63, 3.8) is 0 Å². The lowest BCUT2D eigenvalue weighted by Crippen LogP contribution is -2.50. The first kappa shape index (κ1) is 22.3. The maximum Gasteiger partial charge on any atom is 0.409 e. The van der Waals surface area contributed by atoms with Crippen molar-refractivity contribution in [3.05, 3.63) is 80.5 Å². The standard InChI is InChI=1S/C24H26N4O5/c1-2-33-24(32)27-14-12-26(13-15-27)21(29)18-8-9-19-20(16-18)25-23(31)28(22(19)30)11-10-17-6-4-3-5-7-17/h3-9,16H,2,10-15H2,1H3,(H,25,31). The molecule has 172 valence electrons. The van der Waals surface area contributed by atoms with E-state index in [1.807, 2.05) is 30.3 Å². The van der Waals surface area contributed by atoms with E-state index in [1.165, 1.54) is 4.57 Å². The van der Waals surface area contributed by atoms with E-state index in [2.05, 4.69) is 4.98 Å². The van der Waals surface area contributed by atoms with Crippen molar-refractivity contribution in [3.8, 4) is 0 Å². The zero-order valence-electron chi connectivity index (χ0n) is 18.5. The van der Waals surface area contributed by atoms with Gasteiger partial charge in [0.2, 0.25) is 0 Å². The molecule has 0 atom stereocenters. The highest BCUT2D eigenvalue weighted by molar-refractivity contribution is 5.97. The van der Waals surface area contributed by atoms with Gasteiger partial charge in [0, 0.05) is 38.3 Å². The molecule has 1 N–H and O–H groups in total. The number of carbonyl (C=O) groups is 2. The van der Waals surface area contributed by atoms with Crippen LogP contribution < -0.4 is 11.2 Å². The van der Waals surface area contributed by atoms with Crippen LogP contribution in [0.2, 0.25) is 0 Å². The van der Waals surface area contributed by atoms with Gasteiger partial charge in [0.15, 0.2) is 0 Å². The third-order valence-corrected chi connectivity index (χ3v) is 5.79. The number of rotatable bonds is 5. The number of nitrogens with zero attached hydrogens (tertiary/aromatic N) is 3. The topological polar surface area (TPSA) is 105 Å². The molecule has 4 rings (SSSR count). The summed E-state index contributed by atoms with van der Waals surface area (Å²) < 4.78 is 6.19. The summed E-state index contributed by atoms with van der Waals surface area (Å²) in [5, 5.41) is 0.353. The van der Waals surface area contributed by atoms with E-state index in [-0.39, 0.29) is 24.1 Å². The van der Waals surface area contributed by atoms with Crippen LogP contribution >= 0.6 is 0 Å². The summed E-state index contributed by atoms with van der Waals surface area (Å²) in [5.74, 6) is -0.213. The summed E-state index contributed by atoms with van der Waals surface area (Å²) >= 11 is 0. The number of hydrogen-bond donors (Lipinski definition) is 1. The van der Waals surface area contributed by atoms with Crippen LogP contribution in [0.3, 0.4) is 0 Å². The molecule has 1 fully saturated rings. The molecule has 9 nitrogen and oxygen atoms in total. The fourth-order valence-electron chi connectivity index (χ4n) is 3.97. The first-order valence-corrected chi connectivity index (χ1v) is 11.0. The molecule has 0 spiro atoms. The Morgan fingerprint density at radius 1 is 0.970 bits per heavy atom. The van der Waals surface area contributed by atoms with Crippen molar-refractivity contribution in [2.75, 3.05) is 32.8 Å². The normalized spacial score (nSPS) is 13.8. The van der Waals surface area contributed by atoms with E-state index in [1.54, 1.807) is 34.9 Å². The number of ether oxygens (including phenoxy) is 1. The predicted octanol–water partition coefficient (Wildman–Crippen LogP) is 1.85. The second kappa shape index (κ2) is 9.72. The monoisotopic (exact) mass is 450 g/mol. The summed E-state index contributed by atoms with van der Waals surface area (Å²) in [6, 6.07) is 14.4. The Balaban J connectivity index is 1.50. The van der Waals surface area contributed by atoms with Crippen molar-refractivity contribution >= 4 is 22.9 Å². The van der Waals surface area contributed by atoms with E-state index in [0.717, 1.165) is 5.56 Å². The van der Waals surface area contributed by atoms with Gasteiger partial charge >= 0.3 is 11.8 Å². The lowest BCUT2D eigenvalue weighted by atomic mass is 10.1. The van der Waals surface area contributed by atoms with E-state index in [0.29, 0.717) is 55.7 Å². The lowest BCUT2D eigenvalue weighted by Gasteiger charge is -2.34. The second-order valence-electron chi connectivity index (χ2n) is 7.86. The maximum absolute atomic E-state index is 13.0. The van der Waals surface area contributed by atoms with Crippen LogP contribution in [-0.2, 0) is 17.7 Å². The Labute approximate surface area is 190 Å². The molecule has 0 radical (unpaired) electrons. The van der Waals surface area contributed by atoms with Crippen LogP contribution in [0.5, 0.6) is 0 Å². The van der Waals surface area contributed by atoms with Gasteiger partial charge in [-0.2, -0.15) is 0 Å². The molecular weight excluding hydrogens is 424 g/mol. The molecule has 1 saturated heterocycles. The molecule has 1 aromatic heterocycles. The van der Waals surface area contributed by atoms with E-state index in [9.17, 15) is 19.2 Å². The van der Waals surface area contributed by atoms with E-state index >= 15 is 0 Å². The van der Waals surface area contributed by atoms with Crippen molar-refractivity contribution in [1.82, 2.24) is 19.4 Å². The molecule has 33 heavy (non-hydrogen) atoms. The third kappa shape index (κ3) is 4.82. The number of hydrogen-bond acceptors (Lipinski definition) is 5. The second-order valence-corrected chi connectivity index (χ2v) is 7.86. The average molecular weight is 450 g/mol. The van der Waals surface area contributed by atoms with Gasteiger partial charge in [-0.05, 0) is 37.1 Å². The van der Waals surface area contributed by atoms with Crippen LogP contribution in [0.25, 0.3) is 10.9 Å². The number of H-pyrrole nitrogens is 1. The lowest BCUT2D eigenvalue weighted by molar-refractivity contribution is 0.0570. The molecule has 0 unspecified atom stereocenters. The summed E-state index contributed by atoms with van der Waals surface area (Å²) in [4.78, 5) is 56.2. The zero-order valence-corrected chi connectivity index (χ0v) is 18.5. The summed E-state index contributed by atoms with van der Waals surface area (Å²) in [7, 11) is 0. The van der Waals surface area contributed by atoms with Crippen molar-refractivity contribution in [1.29, 1.82) is 0 Å². The molecule has 2 amide bonds. The summed E-state index contributed by atoms with van der Waals surface area (Å²) in [5.41, 5.74) is 0.858. The molecule has 3 aromatic rings. The summed E-state index contributed by atoms with van der Waals surface area (Å²) in [6.07, 6.45) is 0.181. The van der Waals surface area contributed by atoms with Gasteiger partial charge in [-0.25, -0.2) is 9.59 Å². The van der Waals surface area contributed by atoms with Gasteiger partial charge < -0.3 is 19.5 Å². The number of carbonyl (C=O) groups excluding carboxylic acids is 2. The number of benzene rings is 2. The smallest absolute Gasteiger partial charge is 0.409 e. The minimum Gasteiger partial charge on any atom is -0.450 e. The SMILES string of the molecule is CCOC(=O)N1CCN(C(=O)c2ccc3c(=O)n(CCc4ccccc4)c(=O)[nH]c3c2)CC1. The molecule has 0 bridgehead atoms.